The molecule has 186 valence electrons. The summed E-state index contributed by atoms with van der Waals surface area (Å²) in [7, 11) is 0. The highest BCUT2D eigenvalue weighted by atomic mass is 32.2. The van der Waals surface area contributed by atoms with Gasteiger partial charge in [-0.15, -0.1) is 6.58 Å². The molecule has 1 aliphatic rings. The molecule has 1 saturated heterocycles. The number of allylic oxidation sites excluding steroid dienone is 1. The first-order valence-corrected chi connectivity index (χ1v) is 12.6. The third kappa shape index (κ3) is 7.29. The van der Waals surface area contributed by atoms with Gasteiger partial charge in [-0.05, 0) is 68.2 Å². The van der Waals surface area contributed by atoms with Crippen LogP contribution in [0, 0.1) is 0 Å². The van der Waals surface area contributed by atoms with E-state index in [-0.39, 0.29) is 24.6 Å². The molecule has 0 radical (unpaired) electrons. The molecule has 1 atom stereocenters. The first kappa shape index (κ1) is 26.2. The highest BCUT2D eigenvalue weighted by Crippen LogP contribution is 2.36. The van der Waals surface area contributed by atoms with Gasteiger partial charge in [0.15, 0.2) is 23.6 Å². The maximum absolute atomic E-state index is 12.6. The molecule has 1 amide bonds. The van der Waals surface area contributed by atoms with Crippen molar-refractivity contribution in [1.82, 2.24) is 5.32 Å². The number of carbonyl (C=O) groups is 2. The van der Waals surface area contributed by atoms with Crippen molar-refractivity contribution in [2.75, 3.05) is 25.1 Å². The van der Waals surface area contributed by atoms with Gasteiger partial charge in [-0.3, -0.25) is 4.79 Å². The molecule has 2 aromatic carbocycles. The van der Waals surface area contributed by atoms with Crippen LogP contribution in [0.1, 0.15) is 37.5 Å². The molecule has 8 heteroatoms. The Kier molecular flexibility index (Phi) is 9.66. The molecule has 0 unspecified atom stereocenters. The first-order chi connectivity index (χ1) is 17.0. The van der Waals surface area contributed by atoms with E-state index >= 15 is 0 Å². The average molecular weight is 497 g/mol. The summed E-state index contributed by atoms with van der Waals surface area (Å²) in [6.45, 7) is 10.0. The average Bonchev–Trinajstić information content (AvgIpc) is 3.18. The minimum absolute atomic E-state index is 0.149. The number of hydrogen-bond acceptors (Lipinski definition) is 7. The monoisotopic (exact) mass is 496 g/mol. The van der Waals surface area contributed by atoms with Crippen LogP contribution in [0.5, 0.6) is 11.5 Å². The van der Waals surface area contributed by atoms with E-state index in [2.05, 4.69) is 36.3 Å². The van der Waals surface area contributed by atoms with Gasteiger partial charge in [-0.1, -0.05) is 36.9 Å². The molecule has 0 aliphatic carbocycles. The van der Waals surface area contributed by atoms with Crippen molar-refractivity contribution < 1.29 is 23.8 Å². The lowest BCUT2D eigenvalue weighted by atomic mass is 10.0. The molecule has 0 bridgehead atoms. The fourth-order valence-electron chi connectivity index (χ4n) is 3.54. The van der Waals surface area contributed by atoms with Gasteiger partial charge >= 0.3 is 5.97 Å². The molecule has 1 aliphatic heterocycles. The second-order valence-corrected chi connectivity index (χ2v) is 8.85. The standard InChI is InChI=1S/C27H32N2O5S/c1-5-9-20-14-19(15-22(32-7-3)25(20)34-17-24(30)33-8-4)16-23-26(31)29-27(35-23)28-21-12-10-18(6-2)11-13-21/h5,10-16,27-28H,1,6-9,17H2,2-4H3,(H,29,31)/b23-16-/t27-/m0/s1. The van der Waals surface area contributed by atoms with Crippen LogP contribution in [0.25, 0.3) is 6.08 Å². The lowest BCUT2D eigenvalue weighted by molar-refractivity contribution is -0.145. The van der Waals surface area contributed by atoms with Gasteiger partial charge < -0.3 is 24.8 Å². The molecule has 1 fully saturated rings. The van der Waals surface area contributed by atoms with Crippen molar-refractivity contribution in [1.29, 1.82) is 0 Å². The summed E-state index contributed by atoms with van der Waals surface area (Å²) in [6, 6.07) is 11.9. The Morgan fingerprint density at radius 3 is 2.57 bits per heavy atom. The van der Waals surface area contributed by atoms with Crippen molar-refractivity contribution >= 4 is 35.4 Å². The molecule has 1 heterocycles. The fraction of sp³-hybridized carbons (Fsp3) is 0.333. The summed E-state index contributed by atoms with van der Waals surface area (Å²) < 4.78 is 16.5. The second kappa shape index (κ2) is 12.9. The predicted octanol–water partition coefficient (Wildman–Crippen LogP) is 4.92. The maximum atomic E-state index is 12.6. The zero-order valence-corrected chi connectivity index (χ0v) is 21.2. The van der Waals surface area contributed by atoms with Gasteiger partial charge in [0.2, 0.25) is 0 Å². The Morgan fingerprint density at radius 1 is 1.14 bits per heavy atom. The Labute approximate surface area is 210 Å². The van der Waals surface area contributed by atoms with E-state index in [1.807, 2.05) is 37.3 Å². The number of thioether (sulfide) groups is 1. The number of anilines is 1. The quantitative estimate of drug-likeness (QED) is 0.245. The smallest absolute Gasteiger partial charge is 0.344 e. The van der Waals surface area contributed by atoms with E-state index < -0.39 is 5.97 Å². The van der Waals surface area contributed by atoms with Crippen molar-refractivity contribution in [2.45, 2.75) is 39.1 Å². The molecule has 3 rings (SSSR count). The summed E-state index contributed by atoms with van der Waals surface area (Å²) in [6.07, 6.45) is 5.06. The Bertz CT molecular complexity index is 1080. The summed E-state index contributed by atoms with van der Waals surface area (Å²) in [5.41, 5.74) is 3.52. The molecular formula is C27H32N2O5S. The molecule has 7 nitrogen and oxygen atoms in total. The van der Waals surface area contributed by atoms with E-state index in [1.165, 1.54) is 17.3 Å². The molecular weight excluding hydrogens is 464 g/mol. The Hall–Kier alpha value is -3.39. The summed E-state index contributed by atoms with van der Waals surface area (Å²) in [5.74, 6) is 0.369. The van der Waals surface area contributed by atoms with Gasteiger partial charge in [-0.25, -0.2) is 4.79 Å². The number of amides is 1. The van der Waals surface area contributed by atoms with Crippen LogP contribution in [0.3, 0.4) is 0 Å². The minimum atomic E-state index is -0.451. The van der Waals surface area contributed by atoms with E-state index in [4.69, 9.17) is 14.2 Å². The molecule has 0 saturated carbocycles. The second-order valence-electron chi connectivity index (χ2n) is 7.70. The van der Waals surface area contributed by atoms with Crippen molar-refractivity contribution in [3.05, 3.63) is 70.6 Å². The zero-order valence-electron chi connectivity index (χ0n) is 20.4. The van der Waals surface area contributed by atoms with Crippen LogP contribution in [0.2, 0.25) is 0 Å². The number of rotatable bonds is 12. The van der Waals surface area contributed by atoms with E-state index in [0.717, 1.165) is 23.2 Å². The first-order valence-electron chi connectivity index (χ1n) is 11.7. The Balaban J connectivity index is 1.81. The van der Waals surface area contributed by atoms with Gasteiger partial charge in [0.05, 0.1) is 18.1 Å². The normalized spacial score (nSPS) is 16.0. The summed E-state index contributed by atoms with van der Waals surface area (Å²) in [4.78, 5) is 25.0. The van der Waals surface area contributed by atoms with E-state index in [9.17, 15) is 9.59 Å². The molecule has 2 N–H and O–H groups in total. The summed E-state index contributed by atoms with van der Waals surface area (Å²) >= 11 is 1.42. The van der Waals surface area contributed by atoms with Gasteiger partial charge in [0, 0.05) is 11.3 Å². The van der Waals surface area contributed by atoms with Crippen LogP contribution in [-0.2, 0) is 27.2 Å². The Morgan fingerprint density at radius 2 is 1.91 bits per heavy atom. The highest BCUT2D eigenvalue weighted by Gasteiger charge is 2.27. The van der Waals surface area contributed by atoms with Gasteiger partial charge in [0.25, 0.3) is 5.91 Å². The molecule has 35 heavy (non-hydrogen) atoms. The van der Waals surface area contributed by atoms with E-state index in [0.29, 0.717) is 29.4 Å². The largest absolute Gasteiger partial charge is 0.490 e. The number of benzene rings is 2. The number of carbonyl (C=O) groups excluding carboxylic acids is 2. The van der Waals surface area contributed by atoms with Gasteiger partial charge in [-0.2, -0.15) is 0 Å². The zero-order chi connectivity index (χ0) is 25.2. The van der Waals surface area contributed by atoms with Crippen molar-refractivity contribution in [3.63, 3.8) is 0 Å². The molecule has 0 aromatic heterocycles. The van der Waals surface area contributed by atoms with Crippen LogP contribution in [0.4, 0.5) is 5.69 Å². The predicted molar refractivity (Wildman–Crippen MR) is 141 cm³/mol. The van der Waals surface area contributed by atoms with Crippen molar-refractivity contribution in [2.24, 2.45) is 0 Å². The number of nitrogens with one attached hydrogen (secondary N) is 2. The van der Waals surface area contributed by atoms with Crippen LogP contribution < -0.4 is 20.1 Å². The third-order valence-corrected chi connectivity index (χ3v) is 6.17. The topological polar surface area (TPSA) is 85.9 Å². The number of hydrogen-bond donors (Lipinski definition) is 2. The van der Waals surface area contributed by atoms with Crippen LogP contribution in [-0.4, -0.2) is 37.2 Å². The fourth-order valence-corrected chi connectivity index (χ4v) is 4.52. The minimum Gasteiger partial charge on any atom is -0.490 e. The van der Waals surface area contributed by atoms with Crippen molar-refractivity contribution in [3.8, 4) is 11.5 Å². The lowest BCUT2D eigenvalue weighted by Crippen LogP contribution is -2.30. The summed E-state index contributed by atoms with van der Waals surface area (Å²) in [5, 5.41) is 6.29. The third-order valence-electron chi connectivity index (χ3n) is 5.15. The van der Waals surface area contributed by atoms with Gasteiger partial charge in [0.1, 0.15) is 0 Å². The van der Waals surface area contributed by atoms with E-state index in [1.54, 1.807) is 13.0 Å². The SMILES string of the molecule is C=CCc1cc(/C=C2\S[C@@H](Nc3ccc(CC)cc3)NC2=O)cc(OCC)c1OCC(=O)OCC. The van der Waals surface area contributed by atoms with Crippen LogP contribution in [0.15, 0.2) is 54.0 Å². The maximum Gasteiger partial charge on any atom is 0.344 e. The number of esters is 1. The molecule has 0 spiro atoms. The molecule has 2 aromatic rings. The lowest BCUT2D eigenvalue weighted by Gasteiger charge is -2.16. The number of aryl methyl sites for hydroxylation is 1. The number of ether oxygens (including phenoxy) is 3. The highest BCUT2D eigenvalue weighted by molar-refractivity contribution is 8.05. The van der Waals surface area contributed by atoms with Crippen LogP contribution >= 0.6 is 11.8 Å².